The molecule has 0 aliphatic rings. The third-order valence-corrected chi connectivity index (χ3v) is 4.40. The first-order valence-corrected chi connectivity index (χ1v) is 8.95. The quantitative estimate of drug-likeness (QED) is 0.572. The van der Waals surface area contributed by atoms with Crippen molar-refractivity contribution in [2.24, 2.45) is 0 Å². The molecule has 4 aromatic rings. The highest BCUT2D eigenvalue weighted by molar-refractivity contribution is 5.78. The lowest BCUT2D eigenvalue weighted by Gasteiger charge is -2.09. The van der Waals surface area contributed by atoms with Gasteiger partial charge >= 0.3 is 0 Å². The fraction of sp³-hybridized carbons (Fsp3) is 0.190. The predicted octanol–water partition coefficient (Wildman–Crippen LogP) is 3.43. The van der Waals surface area contributed by atoms with Crippen LogP contribution in [0.5, 0.6) is 0 Å². The minimum atomic E-state index is -0.0388. The van der Waals surface area contributed by atoms with Crippen LogP contribution in [0.15, 0.2) is 65.4 Å². The Bertz CT molecular complexity index is 1050. The first-order chi connectivity index (χ1) is 13.2. The van der Waals surface area contributed by atoms with Gasteiger partial charge in [0.15, 0.2) is 5.65 Å². The Morgan fingerprint density at radius 3 is 2.74 bits per heavy atom. The second-order valence-electron chi connectivity index (χ2n) is 6.26. The highest BCUT2D eigenvalue weighted by Gasteiger charge is 2.12. The Hall–Kier alpha value is -3.41. The summed E-state index contributed by atoms with van der Waals surface area (Å²) in [6.07, 6.45) is 4.51. The number of rotatable bonds is 6. The third kappa shape index (κ3) is 3.60. The van der Waals surface area contributed by atoms with Crippen molar-refractivity contribution in [3.63, 3.8) is 0 Å². The fourth-order valence-corrected chi connectivity index (χ4v) is 3.08. The zero-order valence-electron chi connectivity index (χ0n) is 15.1. The molecular weight excluding hydrogens is 340 g/mol. The van der Waals surface area contributed by atoms with Crippen molar-refractivity contribution in [2.45, 2.75) is 26.3 Å². The lowest BCUT2D eigenvalue weighted by molar-refractivity contribution is -0.120. The van der Waals surface area contributed by atoms with Crippen LogP contribution in [0.3, 0.4) is 0 Å². The zero-order chi connectivity index (χ0) is 18.6. The Morgan fingerprint density at radius 1 is 1.15 bits per heavy atom. The topological polar surface area (TPSA) is 73.0 Å². The van der Waals surface area contributed by atoms with Crippen LogP contribution in [0.4, 0.5) is 0 Å². The SMILES string of the molecule is CCc1nc2cccnc2n1-c1ccc(CC(=O)NCc2ccco2)cc1. The maximum atomic E-state index is 12.1. The molecule has 0 saturated heterocycles. The maximum Gasteiger partial charge on any atom is 0.224 e. The van der Waals surface area contributed by atoms with Crippen LogP contribution in [-0.4, -0.2) is 20.4 Å². The molecule has 6 heteroatoms. The van der Waals surface area contributed by atoms with Gasteiger partial charge in [-0.3, -0.25) is 9.36 Å². The molecule has 3 aromatic heterocycles. The molecule has 0 saturated carbocycles. The van der Waals surface area contributed by atoms with Gasteiger partial charge in [0.05, 0.1) is 19.2 Å². The second kappa shape index (κ2) is 7.45. The van der Waals surface area contributed by atoms with Gasteiger partial charge in [0.2, 0.25) is 5.91 Å². The number of imidazole rings is 1. The van der Waals surface area contributed by atoms with Gasteiger partial charge in [-0.15, -0.1) is 0 Å². The van der Waals surface area contributed by atoms with Crippen LogP contribution < -0.4 is 5.32 Å². The van der Waals surface area contributed by atoms with Crippen LogP contribution in [0, 0.1) is 0 Å². The normalized spacial score (nSPS) is 11.0. The molecule has 1 amide bonds. The molecule has 0 aliphatic heterocycles. The summed E-state index contributed by atoms with van der Waals surface area (Å²) in [5, 5.41) is 2.86. The molecule has 27 heavy (non-hydrogen) atoms. The van der Waals surface area contributed by atoms with E-state index in [2.05, 4.69) is 26.8 Å². The van der Waals surface area contributed by atoms with Gasteiger partial charge in [-0.2, -0.15) is 0 Å². The Labute approximate surface area is 156 Å². The molecule has 0 radical (unpaired) electrons. The number of aromatic nitrogens is 3. The largest absolute Gasteiger partial charge is 0.467 e. The molecule has 0 unspecified atom stereocenters. The van der Waals surface area contributed by atoms with E-state index < -0.39 is 0 Å². The molecule has 1 N–H and O–H groups in total. The van der Waals surface area contributed by atoms with Gasteiger partial charge in [0.1, 0.15) is 17.1 Å². The van der Waals surface area contributed by atoms with Gasteiger partial charge in [0, 0.05) is 18.3 Å². The zero-order valence-corrected chi connectivity index (χ0v) is 15.1. The molecule has 0 spiro atoms. The predicted molar refractivity (Wildman–Crippen MR) is 103 cm³/mol. The molecule has 0 aliphatic carbocycles. The number of hydrogen-bond donors (Lipinski definition) is 1. The number of benzene rings is 1. The van der Waals surface area contributed by atoms with E-state index in [0.29, 0.717) is 13.0 Å². The van der Waals surface area contributed by atoms with Crippen molar-refractivity contribution in [1.82, 2.24) is 19.9 Å². The Morgan fingerprint density at radius 2 is 2.00 bits per heavy atom. The van der Waals surface area contributed by atoms with Crippen LogP contribution in [0.1, 0.15) is 24.1 Å². The number of carbonyl (C=O) groups excluding carboxylic acids is 1. The minimum absolute atomic E-state index is 0.0388. The average Bonchev–Trinajstić information content (AvgIpc) is 3.34. The molecule has 0 fully saturated rings. The summed E-state index contributed by atoms with van der Waals surface area (Å²) in [6.45, 7) is 2.48. The summed E-state index contributed by atoms with van der Waals surface area (Å²) >= 11 is 0. The van der Waals surface area contributed by atoms with E-state index in [1.807, 2.05) is 42.5 Å². The van der Waals surface area contributed by atoms with Crippen molar-refractivity contribution in [1.29, 1.82) is 0 Å². The van der Waals surface area contributed by atoms with Gasteiger partial charge in [-0.25, -0.2) is 9.97 Å². The van der Waals surface area contributed by atoms with Crippen LogP contribution in [0.2, 0.25) is 0 Å². The van der Waals surface area contributed by atoms with E-state index in [0.717, 1.165) is 40.4 Å². The minimum Gasteiger partial charge on any atom is -0.467 e. The summed E-state index contributed by atoms with van der Waals surface area (Å²) in [7, 11) is 0. The maximum absolute atomic E-state index is 12.1. The van der Waals surface area contributed by atoms with E-state index >= 15 is 0 Å². The molecular formula is C21H20N4O2. The van der Waals surface area contributed by atoms with E-state index in [4.69, 9.17) is 4.42 Å². The van der Waals surface area contributed by atoms with E-state index in [1.165, 1.54) is 0 Å². The highest BCUT2D eigenvalue weighted by atomic mass is 16.3. The number of nitrogens with one attached hydrogen (secondary N) is 1. The summed E-state index contributed by atoms with van der Waals surface area (Å²) in [6, 6.07) is 15.4. The number of pyridine rings is 1. The van der Waals surface area contributed by atoms with Crippen LogP contribution in [0.25, 0.3) is 16.9 Å². The Kier molecular flexibility index (Phi) is 4.70. The number of fused-ring (bicyclic) bond motifs is 1. The number of amides is 1. The molecule has 0 bridgehead atoms. The van der Waals surface area contributed by atoms with Crippen molar-refractivity contribution >= 4 is 17.1 Å². The van der Waals surface area contributed by atoms with E-state index in [9.17, 15) is 4.79 Å². The first-order valence-electron chi connectivity index (χ1n) is 8.95. The van der Waals surface area contributed by atoms with E-state index in [1.54, 1.807) is 18.5 Å². The van der Waals surface area contributed by atoms with Gasteiger partial charge in [-0.1, -0.05) is 19.1 Å². The second-order valence-corrected chi connectivity index (χ2v) is 6.26. The summed E-state index contributed by atoms with van der Waals surface area (Å²) in [5.41, 5.74) is 3.67. The van der Waals surface area contributed by atoms with Crippen molar-refractivity contribution in [3.05, 3.63) is 78.1 Å². The number of furan rings is 1. The van der Waals surface area contributed by atoms with Gasteiger partial charge in [0.25, 0.3) is 0 Å². The highest BCUT2D eigenvalue weighted by Crippen LogP contribution is 2.20. The monoisotopic (exact) mass is 360 g/mol. The first kappa shape index (κ1) is 17.0. The molecule has 4 rings (SSSR count). The van der Waals surface area contributed by atoms with E-state index in [-0.39, 0.29) is 5.91 Å². The number of hydrogen-bond acceptors (Lipinski definition) is 4. The van der Waals surface area contributed by atoms with Crippen LogP contribution >= 0.6 is 0 Å². The third-order valence-electron chi connectivity index (χ3n) is 4.40. The van der Waals surface area contributed by atoms with Crippen molar-refractivity contribution < 1.29 is 9.21 Å². The van der Waals surface area contributed by atoms with Gasteiger partial charge < -0.3 is 9.73 Å². The number of nitrogens with zero attached hydrogens (tertiary/aromatic N) is 3. The molecule has 6 nitrogen and oxygen atoms in total. The van der Waals surface area contributed by atoms with Gasteiger partial charge in [-0.05, 0) is 42.0 Å². The average molecular weight is 360 g/mol. The Balaban J connectivity index is 1.50. The molecule has 0 atom stereocenters. The summed E-state index contributed by atoms with van der Waals surface area (Å²) in [4.78, 5) is 21.2. The lowest BCUT2D eigenvalue weighted by Crippen LogP contribution is -2.24. The summed E-state index contributed by atoms with van der Waals surface area (Å²) in [5.74, 6) is 1.67. The van der Waals surface area contributed by atoms with Crippen molar-refractivity contribution in [3.8, 4) is 5.69 Å². The smallest absolute Gasteiger partial charge is 0.224 e. The summed E-state index contributed by atoms with van der Waals surface area (Å²) < 4.78 is 7.28. The van der Waals surface area contributed by atoms with Crippen molar-refractivity contribution in [2.75, 3.05) is 0 Å². The standard InChI is InChI=1S/C21H20N4O2/c1-2-19-24-18-6-3-11-22-21(18)25(19)16-9-7-15(8-10-16)13-20(26)23-14-17-5-4-12-27-17/h3-12H,2,13-14H2,1H3,(H,23,26). The number of aryl methyl sites for hydroxylation is 1. The number of carbonyl (C=O) groups is 1. The lowest BCUT2D eigenvalue weighted by atomic mass is 10.1. The fourth-order valence-electron chi connectivity index (χ4n) is 3.08. The van der Waals surface area contributed by atoms with Crippen LogP contribution in [-0.2, 0) is 24.2 Å². The molecule has 3 heterocycles. The molecule has 136 valence electrons. The molecule has 1 aromatic carbocycles.